The summed E-state index contributed by atoms with van der Waals surface area (Å²) in [6.45, 7) is 6.58. The second kappa shape index (κ2) is 9.97. The highest BCUT2D eigenvalue weighted by Gasteiger charge is 2.13. The number of aryl methyl sites for hydroxylation is 1. The van der Waals surface area contributed by atoms with Gasteiger partial charge in [-0.05, 0) is 31.0 Å². The number of nitrogens with one attached hydrogen (secondary N) is 1. The fourth-order valence-electron chi connectivity index (χ4n) is 3.54. The van der Waals surface area contributed by atoms with Gasteiger partial charge in [-0.1, -0.05) is 0 Å². The second-order valence-corrected chi connectivity index (χ2v) is 7.66. The molecule has 0 spiro atoms. The van der Waals surface area contributed by atoms with Crippen LogP contribution in [0.4, 0.5) is 16.0 Å². The van der Waals surface area contributed by atoms with Crippen LogP contribution in [0, 0.1) is 12.7 Å². The number of rotatable bonds is 8. The molecule has 2 heterocycles. The molecule has 2 aromatic carbocycles. The molecule has 0 bridgehead atoms. The fourth-order valence-corrected chi connectivity index (χ4v) is 3.54. The van der Waals surface area contributed by atoms with Crippen LogP contribution >= 0.6 is 0 Å². The highest BCUT2D eigenvalue weighted by atomic mass is 19.1. The van der Waals surface area contributed by atoms with Gasteiger partial charge >= 0.3 is 0 Å². The fraction of sp³-hybridized carbons (Fsp3) is 0.391. The smallest absolute Gasteiger partial charge is 0.227 e. The van der Waals surface area contributed by atoms with Crippen LogP contribution in [0.25, 0.3) is 10.9 Å². The zero-order chi connectivity index (χ0) is 22.5. The first-order valence-electron chi connectivity index (χ1n) is 10.6. The Morgan fingerprint density at radius 3 is 2.78 bits per heavy atom. The molecule has 0 radical (unpaired) electrons. The van der Waals surface area contributed by atoms with E-state index in [0.29, 0.717) is 29.2 Å². The molecule has 0 atom stereocenters. The molecule has 1 fully saturated rings. The molecule has 0 amide bonds. The normalized spacial score (nSPS) is 14.5. The summed E-state index contributed by atoms with van der Waals surface area (Å²) < 4.78 is 31.0. The summed E-state index contributed by atoms with van der Waals surface area (Å²) in [5.41, 5.74) is 1.18. The monoisotopic (exact) mass is 442 g/mol. The molecule has 32 heavy (non-hydrogen) atoms. The quantitative estimate of drug-likeness (QED) is 0.511. The van der Waals surface area contributed by atoms with Crippen LogP contribution in [-0.4, -0.2) is 66.5 Å². The Balaban J connectivity index is 1.47. The molecule has 4 rings (SSSR count). The standard InChI is InChI=1S/C23H27FN4O4/c1-15-10-17(24)19(12-20(15)29)27-23-25-14-16-11-21(30-2)22(13-18(16)26-23)32-7-3-4-28-5-8-31-9-6-28/h10-14,29H,3-9H2,1-2H3,(H,25,26,27). The number of phenolic OH excluding ortho intramolecular Hbond substituents is 1. The number of hydrogen-bond donors (Lipinski definition) is 2. The summed E-state index contributed by atoms with van der Waals surface area (Å²) >= 11 is 0. The number of anilines is 2. The maximum Gasteiger partial charge on any atom is 0.227 e. The van der Waals surface area contributed by atoms with Crippen LogP contribution in [0.1, 0.15) is 12.0 Å². The van der Waals surface area contributed by atoms with Gasteiger partial charge in [0.25, 0.3) is 0 Å². The highest BCUT2D eigenvalue weighted by Crippen LogP contribution is 2.32. The molecule has 1 aromatic heterocycles. The number of morpholine rings is 1. The Labute approximate surface area is 185 Å². The maximum atomic E-state index is 14.2. The Morgan fingerprint density at radius 1 is 1.19 bits per heavy atom. The molecule has 9 heteroatoms. The Bertz CT molecular complexity index is 1090. The summed E-state index contributed by atoms with van der Waals surface area (Å²) in [6, 6.07) is 6.18. The molecule has 2 N–H and O–H groups in total. The highest BCUT2D eigenvalue weighted by molar-refractivity contribution is 5.83. The average Bonchev–Trinajstić information content (AvgIpc) is 2.80. The van der Waals surface area contributed by atoms with Crippen molar-refractivity contribution < 1.29 is 23.7 Å². The van der Waals surface area contributed by atoms with Crippen molar-refractivity contribution >= 4 is 22.5 Å². The van der Waals surface area contributed by atoms with Crippen LogP contribution in [-0.2, 0) is 4.74 Å². The van der Waals surface area contributed by atoms with Gasteiger partial charge in [0.1, 0.15) is 11.6 Å². The lowest BCUT2D eigenvalue weighted by Gasteiger charge is -2.26. The van der Waals surface area contributed by atoms with Gasteiger partial charge in [0.05, 0.1) is 38.1 Å². The largest absolute Gasteiger partial charge is 0.508 e. The Kier molecular flexibility index (Phi) is 6.87. The van der Waals surface area contributed by atoms with Crippen molar-refractivity contribution in [1.82, 2.24) is 14.9 Å². The molecule has 0 aliphatic carbocycles. The molecule has 170 valence electrons. The van der Waals surface area contributed by atoms with E-state index in [2.05, 4.69) is 20.2 Å². The third kappa shape index (κ3) is 5.17. The molecule has 1 aliphatic heterocycles. The molecular weight excluding hydrogens is 415 g/mol. The first-order chi connectivity index (χ1) is 15.5. The number of aromatic hydroxyl groups is 1. The number of phenols is 1. The summed E-state index contributed by atoms with van der Waals surface area (Å²) in [4.78, 5) is 11.1. The maximum absolute atomic E-state index is 14.2. The molecule has 0 saturated carbocycles. The number of hydrogen-bond acceptors (Lipinski definition) is 8. The van der Waals surface area contributed by atoms with Crippen LogP contribution in [0.15, 0.2) is 30.5 Å². The number of aromatic nitrogens is 2. The van der Waals surface area contributed by atoms with Crippen LogP contribution in [0.3, 0.4) is 0 Å². The van der Waals surface area contributed by atoms with Gasteiger partial charge < -0.3 is 24.6 Å². The third-order valence-corrected chi connectivity index (χ3v) is 5.38. The third-order valence-electron chi connectivity index (χ3n) is 5.38. The minimum absolute atomic E-state index is 0.00723. The molecule has 3 aromatic rings. The predicted molar refractivity (Wildman–Crippen MR) is 120 cm³/mol. The minimum Gasteiger partial charge on any atom is -0.508 e. The van der Waals surface area contributed by atoms with Gasteiger partial charge in [0.15, 0.2) is 11.5 Å². The van der Waals surface area contributed by atoms with Crippen molar-refractivity contribution in [2.45, 2.75) is 13.3 Å². The van der Waals surface area contributed by atoms with E-state index in [0.717, 1.165) is 44.7 Å². The van der Waals surface area contributed by atoms with Crippen LogP contribution in [0.5, 0.6) is 17.2 Å². The van der Waals surface area contributed by atoms with Gasteiger partial charge in [-0.2, -0.15) is 0 Å². The molecular formula is C23H27FN4O4. The lowest BCUT2D eigenvalue weighted by molar-refractivity contribution is 0.0357. The number of benzene rings is 2. The molecule has 8 nitrogen and oxygen atoms in total. The van der Waals surface area contributed by atoms with E-state index in [1.54, 1.807) is 26.3 Å². The Hall–Kier alpha value is -3.17. The number of ether oxygens (including phenoxy) is 3. The van der Waals surface area contributed by atoms with E-state index in [1.165, 1.54) is 12.1 Å². The van der Waals surface area contributed by atoms with Crippen molar-refractivity contribution in [3.63, 3.8) is 0 Å². The summed E-state index contributed by atoms with van der Waals surface area (Å²) in [5, 5.41) is 13.5. The van der Waals surface area contributed by atoms with Gasteiger partial charge in [-0.25, -0.2) is 14.4 Å². The van der Waals surface area contributed by atoms with E-state index in [1.807, 2.05) is 6.07 Å². The molecule has 0 unspecified atom stereocenters. The van der Waals surface area contributed by atoms with Gasteiger partial charge in [0, 0.05) is 43.4 Å². The van der Waals surface area contributed by atoms with E-state index >= 15 is 0 Å². The SMILES string of the molecule is COc1cc2cnc(Nc3cc(O)c(C)cc3F)nc2cc1OCCCN1CCOCC1. The molecule has 1 aliphatic rings. The van der Waals surface area contributed by atoms with Crippen molar-refractivity contribution in [3.8, 4) is 17.2 Å². The topological polar surface area (TPSA) is 89.0 Å². The van der Waals surface area contributed by atoms with Gasteiger partial charge in [0.2, 0.25) is 5.95 Å². The van der Waals surface area contributed by atoms with E-state index < -0.39 is 5.82 Å². The zero-order valence-corrected chi connectivity index (χ0v) is 18.2. The van der Waals surface area contributed by atoms with E-state index in [-0.39, 0.29) is 17.4 Å². The number of methoxy groups -OCH3 is 1. The van der Waals surface area contributed by atoms with Crippen molar-refractivity contribution in [2.75, 3.05) is 51.9 Å². The van der Waals surface area contributed by atoms with E-state index in [9.17, 15) is 9.50 Å². The van der Waals surface area contributed by atoms with E-state index in [4.69, 9.17) is 14.2 Å². The van der Waals surface area contributed by atoms with Crippen LogP contribution in [0.2, 0.25) is 0 Å². The second-order valence-electron chi connectivity index (χ2n) is 7.66. The molecule has 1 saturated heterocycles. The predicted octanol–water partition coefficient (Wildman–Crippen LogP) is 3.64. The average molecular weight is 442 g/mol. The minimum atomic E-state index is -0.497. The van der Waals surface area contributed by atoms with Gasteiger partial charge in [-0.3, -0.25) is 4.90 Å². The zero-order valence-electron chi connectivity index (χ0n) is 18.2. The van der Waals surface area contributed by atoms with Crippen molar-refractivity contribution in [1.29, 1.82) is 0 Å². The number of halogens is 1. The van der Waals surface area contributed by atoms with Gasteiger partial charge in [-0.15, -0.1) is 0 Å². The summed E-state index contributed by atoms with van der Waals surface area (Å²) in [5.74, 6) is 0.895. The first kappa shape index (κ1) is 22.0. The first-order valence-corrected chi connectivity index (χ1v) is 10.6. The number of fused-ring (bicyclic) bond motifs is 1. The van der Waals surface area contributed by atoms with Crippen molar-refractivity contribution in [2.24, 2.45) is 0 Å². The Morgan fingerprint density at radius 2 is 2.00 bits per heavy atom. The lowest BCUT2D eigenvalue weighted by Crippen LogP contribution is -2.37. The number of nitrogens with zero attached hydrogens (tertiary/aromatic N) is 3. The summed E-state index contributed by atoms with van der Waals surface area (Å²) in [7, 11) is 1.59. The lowest BCUT2D eigenvalue weighted by atomic mass is 10.2. The van der Waals surface area contributed by atoms with Crippen LogP contribution < -0.4 is 14.8 Å². The van der Waals surface area contributed by atoms with Crippen molar-refractivity contribution in [3.05, 3.63) is 41.8 Å². The summed E-state index contributed by atoms with van der Waals surface area (Å²) in [6.07, 6.45) is 2.51.